The molecular weight excluding hydrogens is 277 g/mol. The van der Waals surface area contributed by atoms with Crippen molar-refractivity contribution in [2.75, 3.05) is 5.73 Å². The molecule has 70 valence electrons. The van der Waals surface area contributed by atoms with Gasteiger partial charge in [0.25, 0.3) is 0 Å². The van der Waals surface area contributed by atoms with Gasteiger partial charge in [-0.2, -0.15) is 5.10 Å². The molecule has 0 aliphatic carbocycles. The number of H-pyrrole nitrogens is 1. The highest BCUT2D eigenvalue weighted by Gasteiger charge is 2.05. The van der Waals surface area contributed by atoms with E-state index in [4.69, 9.17) is 17.3 Å². The number of hydrogen-bond acceptors (Lipinski definition) is 2. The number of nitrogens with two attached hydrogens (primary N) is 1. The van der Waals surface area contributed by atoms with Crippen molar-refractivity contribution in [1.82, 2.24) is 10.2 Å². The van der Waals surface area contributed by atoms with E-state index in [2.05, 4.69) is 26.1 Å². The van der Waals surface area contributed by atoms with Crippen molar-refractivity contribution in [3.63, 3.8) is 0 Å². The number of benzene rings is 1. The molecule has 6 heteroatoms. The molecule has 1 heterocycles. The Hall–Kier alpha value is -0.450. The summed E-state index contributed by atoms with van der Waals surface area (Å²) in [4.78, 5) is 0. The number of anilines is 1. The summed E-state index contributed by atoms with van der Waals surface area (Å²) in [5, 5.41) is 8.15. The number of aromatic amines is 1. The summed E-state index contributed by atoms with van der Waals surface area (Å²) in [6.07, 6.45) is 0. The Bertz CT molecular complexity index is 440. The van der Waals surface area contributed by atoms with Gasteiger partial charge in [0.15, 0.2) is 5.82 Å². The number of hydrogen-bond donors (Lipinski definition) is 2. The van der Waals surface area contributed by atoms with Gasteiger partial charge in [0, 0.05) is 9.86 Å². The predicted molar refractivity (Wildman–Crippen MR) is 60.5 cm³/mol. The summed E-state index contributed by atoms with van der Waals surface area (Å²) in [6.45, 7) is 0. The van der Waals surface area contributed by atoms with E-state index in [9.17, 15) is 0 Å². The minimum Gasteiger partial charge on any atom is -0.382 e. The molecule has 3 nitrogen and oxygen atoms in total. The largest absolute Gasteiger partial charge is 0.382 e. The number of rotatable bonds is 0. The molecule has 0 fully saturated rings. The highest BCUT2D eigenvalue weighted by Crippen LogP contribution is 2.29. The third-order valence-corrected chi connectivity index (χ3v) is 2.83. The second-order valence-electron chi connectivity index (χ2n) is 2.42. The van der Waals surface area contributed by atoms with Crippen LogP contribution in [0.3, 0.4) is 0 Å². The second kappa shape index (κ2) is 3.74. The number of nitrogen functional groups attached to an aromatic ring is 1. The third kappa shape index (κ3) is 1.75. The van der Waals surface area contributed by atoms with Gasteiger partial charge in [-0.25, -0.2) is 0 Å². The van der Waals surface area contributed by atoms with Gasteiger partial charge in [0.1, 0.15) is 0 Å². The minimum absolute atomic E-state index is 0. The smallest absolute Gasteiger partial charge is 0.153 e. The molecule has 1 aromatic heterocycles. The summed E-state index contributed by atoms with van der Waals surface area (Å²) < 4.78 is 0.824. The Labute approximate surface area is 94.2 Å². The van der Waals surface area contributed by atoms with Crippen LogP contribution in [0.15, 0.2) is 16.6 Å². The van der Waals surface area contributed by atoms with Crippen molar-refractivity contribution < 1.29 is 0 Å². The maximum Gasteiger partial charge on any atom is 0.153 e. The molecule has 3 N–H and O–H groups in total. The molecule has 2 aromatic rings. The number of aromatic nitrogens is 2. The molecule has 0 radical (unpaired) electrons. The lowest BCUT2D eigenvalue weighted by atomic mass is 10.2. The van der Waals surface area contributed by atoms with Crippen molar-refractivity contribution >= 4 is 56.7 Å². The van der Waals surface area contributed by atoms with Crippen LogP contribution in [0.25, 0.3) is 10.9 Å². The molecule has 0 bridgehead atoms. The van der Waals surface area contributed by atoms with E-state index in [0.29, 0.717) is 10.8 Å². The summed E-state index contributed by atoms with van der Waals surface area (Å²) >= 11 is 9.17. The van der Waals surface area contributed by atoms with Gasteiger partial charge in [0.2, 0.25) is 0 Å². The molecular formula is C7H6BrCl2N3. The first-order valence-corrected chi connectivity index (χ1v) is 4.44. The molecule has 0 saturated heterocycles. The van der Waals surface area contributed by atoms with Crippen LogP contribution in [0, 0.1) is 0 Å². The predicted octanol–water partition coefficient (Wildman–Crippen LogP) is 2.98. The van der Waals surface area contributed by atoms with Crippen LogP contribution in [0.5, 0.6) is 0 Å². The Morgan fingerprint density at radius 1 is 1.46 bits per heavy atom. The zero-order valence-corrected chi connectivity index (χ0v) is 9.50. The van der Waals surface area contributed by atoms with E-state index in [1.54, 1.807) is 6.07 Å². The Morgan fingerprint density at radius 2 is 2.15 bits per heavy atom. The molecule has 2 rings (SSSR count). The average Bonchev–Trinajstić information content (AvgIpc) is 2.35. The van der Waals surface area contributed by atoms with Crippen molar-refractivity contribution in [3.05, 3.63) is 21.6 Å². The van der Waals surface area contributed by atoms with E-state index in [-0.39, 0.29) is 12.4 Å². The summed E-state index contributed by atoms with van der Waals surface area (Å²) in [6, 6.07) is 3.63. The topological polar surface area (TPSA) is 54.7 Å². The normalized spacial score (nSPS) is 10.0. The Balaban J connectivity index is 0.000000845. The van der Waals surface area contributed by atoms with Gasteiger partial charge in [0.05, 0.1) is 10.5 Å². The first kappa shape index (κ1) is 10.6. The summed E-state index contributed by atoms with van der Waals surface area (Å²) in [5.74, 6) is 0.488. The van der Waals surface area contributed by atoms with E-state index >= 15 is 0 Å². The number of halogens is 3. The molecule has 0 aliphatic rings. The highest BCUT2D eigenvalue weighted by molar-refractivity contribution is 9.10. The van der Waals surface area contributed by atoms with Crippen molar-refractivity contribution in [2.24, 2.45) is 0 Å². The number of fused-ring (bicyclic) bond motifs is 1. The average molecular weight is 283 g/mol. The molecule has 13 heavy (non-hydrogen) atoms. The third-order valence-electron chi connectivity index (χ3n) is 1.63. The molecule has 0 atom stereocenters. The van der Waals surface area contributed by atoms with Crippen LogP contribution in [-0.4, -0.2) is 10.2 Å². The lowest BCUT2D eigenvalue weighted by molar-refractivity contribution is 1.13. The molecule has 0 spiro atoms. The van der Waals surface area contributed by atoms with Gasteiger partial charge in [-0.1, -0.05) is 11.6 Å². The highest BCUT2D eigenvalue weighted by atomic mass is 79.9. The minimum atomic E-state index is 0. The zero-order valence-electron chi connectivity index (χ0n) is 6.34. The molecule has 0 unspecified atom stereocenters. The number of nitrogens with one attached hydrogen (secondary N) is 1. The van der Waals surface area contributed by atoms with Crippen LogP contribution in [0.1, 0.15) is 0 Å². The van der Waals surface area contributed by atoms with Crippen LogP contribution in [-0.2, 0) is 0 Å². The van der Waals surface area contributed by atoms with Gasteiger partial charge in [-0.15, -0.1) is 12.4 Å². The van der Waals surface area contributed by atoms with Crippen molar-refractivity contribution in [3.8, 4) is 0 Å². The lowest BCUT2D eigenvalue weighted by Gasteiger charge is -1.94. The van der Waals surface area contributed by atoms with E-state index < -0.39 is 0 Å². The molecule has 0 aliphatic heterocycles. The molecule has 1 aromatic carbocycles. The fraction of sp³-hybridized carbons (Fsp3) is 0. The molecule has 0 amide bonds. The fourth-order valence-corrected chi connectivity index (χ4v) is 1.54. The van der Waals surface area contributed by atoms with E-state index in [1.165, 1.54) is 0 Å². The first-order valence-electron chi connectivity index (χ1n) is 3.27. The Kier molecular flexibility index (Phi) is 3.05. The summed E-state index contributed by atoms with van der Waals surface area (Å²) in [5.41, 5.74) is 6.44. The van der Waals surface area contributed by atoms with Crippen LogP contribution in [0.4, 0.5) is 5.82 Å². The second-order valence-corrected chi connectivity index (χ2v) is 3.68. The van der Waals surface area contributed by atoms with Crippen LogP contribution in [0.2, 0.25) is 5.02 Å². The quantitative estimate of drug-likeness (QED) is 0.780. The SMILES string of the molecule is Cl.Nc1n[nH]c2cc(Cl)c(Br)cc12. The molecule has 0 saturated carbocycles. The standard InChI is InChI=1S/C7H5BrClN3.ClH/c8-4-1-3-6(2-5(4)9)11-12-7(3)10;/h1-2H,(H3,10,11,12);1H. The van der Waals surface area contributed by atoms with Crippen LogP contribution < -0.4 is 5.73 Å². The maximum absolute atomic E-state index is 5.86. The van der Waals surface area contributed by atoms with Crippen LogP contribution >= 0.6 is 39.9 Å². The van der Waals surface area contributed by atoms with Gasteiger partial charge in [-0.3, -0.25) is 5.10 Å². The van der Waals surface area contributed by atoms with E-state index in [1.807, 2.05) is 6.07 Å². The van der Waals surface area contributed by atoms with E-state index in [0.717, 1.165) is 15.4 Å². The van der Waals surface area contributed by atoms with Crippen molar-refractivity contribution in [1.29, 1.82) is 0 Å². The van der Waals surface area contributed by atoms with Gasteiger partial charge in [-0.05, 0) is 28.1 Å². The zero-order chi connectivity index (χ0) is 8.72. The fourth-order valence-electron chi connectivity index (χ4n) is 1.03. The van der Waals surface area contributed by atoms with Gasteiger partial charge < -0.3 is 5.73 Å². The van der Waals surface area contributed by atoms with Gasteiger partial charge >= 0.3 is 0 Å². The van der Waals surface area contributed by atoms with Crippen molar-refractivity contribution in [2.45, 2.75) is 0 Å². The first-order chi connectivity index (χ1) is 5.68. The summed E-state index contributed by atoms with van der Waals surface area (Å²) in [7, 11) is 0. The number of nitrogens with zero attached hydrogens (tertiary/aromatic N) is 1. The monoisotopic (exact) mass is 281 g/mol. The Morgan fingerprint density at radius 3 is 2.85 bits per heavy atom. The lowest BCUT2D eigenvalue weighted by Crippen LogP contribution is -1.83. The maximum atomic E-state index is 5.86.